The van der Waals surface area contributed by atoms with Gasteiger partial charge in [0.1, 0.15) is 5.75 Å². The highest BCUT2D eigenvalue weighted by atomic mass is 32.1. The molecule has 0 unspecified atom stereocenters. The molecule has 1 aliphatic rings. The first-order chi connectivity index (χ1) is 12.0. The molecule has 2 aromatic rings. The van der Waals surface area contributed by atoms with Crippen molar-refractivity contribution in [2.45, 2.75) is 6.04 Å². The highest BCUT2D eigenvalue weighted by molar-refractivity contribution is 7.12. The Morgan fingerprint density at radius 2 is 1.96 bits per heavy atom. The number of carbonyl (C=O) groups excluding carboxylic acids is 2. The van der Waals surface area contributed by atoms with Crippen LogP contribution in [-0.2, 0) is 9.53 Å². The standard InChI is InChI=1S/C18H17NO5S/c1-24-9-8-19-15(11-4-6-12(20)7-5-11)14(17(22)18(19)23)16(21)13-3-2-10-25-13/h2-7,10,15,20,22H,8-9H2,1H3/t15-/m0/s1. The minimum Gasteiger partial charge on any atom is -0.508 e. The summed E-state index contributed by atoms with van der Waals surface area (Å²) in [4.78, 5) is 27.2. The van der Waals surface area contributed by atoms with E-state index in [1.54, 1.807) is 29.6 Å². The minimum absolute atomic E-state index is 0.0502. The molecule has 2 heterocycles. The Bertz CT molecular complexity index is 811. The first-order valence-corrected chi connectivity index (χ1v) is 8.52. The summed E-state index contributed by atoms with van der Waals surface area (Å²) in [5.41, 5.74) is 0.681. The fourth-order valence-electron chi connectivity index (χ4n) is 2.85. The summed E-state index contributed by atoms with van der Waals surface area (Å²) < 4.78 is 5.04. The summed E-state index contributed by atoms with van der Waals surface area (Å²) >= 11 is 1.25. The maximum absolute atomic E-state index is 12.9. The number of rotatable bonds is 6. The number of aliphatic hydroxyl groups is 1. The molecule has 0 aliphatic carbocycles. The number of hydrogen-bond donors (Lipinski definition) is 2. The van der Waals surface area contributed by atoms with Crippen LogP contribution in [0.5, 0.6) is 5.75 Å². The number of Topliss-reactive ketones (excluding diaryl/α,β-unsaturated/α-hetero) is 1. The van der Waals surface area contributed by atoms with Gasteiger partial charge in [-0.25, -0.2) is 0 Å². The normalized spacial score (nSPS) is 17.4. The molecular weight excluding hydrogens is 342 g/mol. The average molecular weight is 359 g/mol. The molecule has 6 nitrogen and oxygen atoms in total. The molecule has 2 N–H and O–H groups in total. The Hall–Kier alpha value is -2.64. The molecule has 130 valence electrons. The van der Waals surface area contributed by atoms with Gasteiger partial charge in [-0.1, -0.05) is 18.2 Å². The van der Waals surface area contributed by atoms with Gasteiger partial charge in [0.15, 0.2) is 5.76 Å². The largest absolute Gasteiger partial charge is 0.508 e. The van der Waals surface area contributed by atoms with E-state index in [0.717, 1.165) is 0 Å². The molecule has 1 aliphatic heterocycles. The summed E-state index contributed by atoms with van der Waals surface area (Å²) in [6.45, 7) is 0.500. The minimum atomic E-state index is -0.724. The third kappa shape index (κ3) is 3.16. The Balaban J connectivity index is 2.06. The summed E-state index contributed by atoms with van der Waals surface area (Å²) in [6, 6.07) is 8.90. The van der Waals surface area contributed by atoms with Gasteiger partial charge in [-0.3, -0.25) is 9.59 Å². The SMILES string of the molecule is COCCN1C(=O)C(O)=C(C(=O)c2cccs2)[C@@H]1c1ccc(O)cc1. The number of phenolic OH excluding ortho intramolecular Hbond substituents is 1. The van der Waals surface area contributed by atoms with Crippen molar-refractivity contribution in [3.05, 3.63) is 63.6 Å². The number of benzene rings is 1. The molecule has 1 aromatic carbocycles. The predicted molar refractivity (Wildman–Crippen MR) is 92.7 cm³/mol. The van der Waals surface area contributed by atoms with Crippen LogP contribution < -0.4 is 0 Å². The molecule has 0 radical (unpaired) electrons. The zero-order chi connectivity index (χ0) is 18.0. The molecule has 0 fully saturated rings. The molecule has 3 rings (SSSR count). The lowest BCUT2D eigenvalue weighted by molar-refractivity contribution is -0.130. The maximum Gasteiger partial charge on any atom is 0.290 e. The van der Waals surface area contributed by atoms with Gasteiger partial charge in [-0.05, 0) is 29.1 Å². The van der Waals surface area contributed by atoms with Gasteiger partial charge < -0.3 is 19.8 Å². The fraction of sp³-hybridized carbons (Fsp3) is 0.222. The van der Waals surface area contributed by atoms with E-state index in [1.165, 1.54) is 35.5 Å². The number of methoxy groups -OCH3 is 1. The summed E-state index contributed by atoms with van der Waals surface area (Å²) in [7, 11) is 1.51. The van der Waals surface area contributed by atoms with E-state index in [1.807, 2.05) is 0 Å². The number of amides is 1. The quantitative estimate of drug-likeness (QED) is 0.775. The van der Waals surface area contributed by atoms with Crippen LogP contribution >= 0.6 is 11.3 Å². The monoisotopic (exact) mass is 359 g/mol. The summed E-state index contributed by atoms with van der Waals surface area (Å²) in [5.74, 6) is -1.43. The molecular formula is C18H17NO5S. The number of carbonyl (C=O) groups is 2. The summed E-state index contributed by atoms with van der Waals surface area (Å²) in [6.07, 6.45) is 0. The third-order valence-corrected chi connectivity index (χ3v) is 4.91. The van der Waals surface area contributed by atoms with Crippen LogP contribution in [0.15, 0.2) is 53.1 Å². The highest BCUT2D eigenvalue weighted by Gasteiger charge is 2.43. The number of aliphatic hydroxyl groups excluding tert-OH is 1. The Morgan fingerprint density at radius 3 is 2.56 bits per heavy atom. The van der Waals surface area contributed by atoms with Gasteiger partial charge in [0, 0.05) is 13.7 Å². The van der Waals surface area contributed by atoms with Gasteiger partial charge in [-0.2, -0.15) is 0 Å². The summed E-state index contributed by atoms with van der Waals surface area (Å²) in [5, 5.41) is 21.6. The van der Waals surface area contributed by atoms with Gasteiger partial charge in [0.2, 0.25) is 5.78 Å². The molecule has 0 saturated carbocycles. The second-order valence-corrected chi connectivity index (χ2v) is 6.50. The Kier molecular flexibility index (Phi) is 4.87. The number of nitrogens with zero attached hydrogens (tertiary/aromatic N) is 1. The third-order valence-electron chi connectivity index (χ3n) is 4.04. The van der Waals surface area contributed by atoms with E-state index in [2.05, 4.69) is 0 Å². The van der Waals surface area contributed by atoms with E-state index < -0.39 is 17.7 Å². The van der Waals surface area contributed by atoms with Crippen molar-refractivity contribution in [1.29, 1.82) is 0 Å². The molecule has 0 saturated heterocycles. The van der Waals surface area contributed by atoms with Crippen LogP contribution in [0.3, 0.4) is 0 Å². The molecule has 1 amide bonds. The fourth-order valence-corrected chi connectivity index (χ4v) is 3.53. The number of aromatic hydroxyl groups is 1. The molecule has 0 bridgehead atoms. The van der Waals surface area contributed by atoms with Crippen molar-refractivity contribution in [3.8, 4) is 5.75 Å². The van der Waals surface area contributed by atoms with Crippen molar-refractivity contribution < 1.29 is 24.5 Å². The topological polar surface area (TPSA) is 87.1 Å². The average Bonchev–Trinajstić information content (AvgIpc) is 3.22. The maximum atomic E-state index is 12.9. The van der Waals surface area contributed by atoms with Gasteiger partial charge in [0.25, 0.3) is 5.91 Å². The first-order valence-electron chi connectivity index (χ1n) is 7.64. The van der Waals surface area contributed by atoms with Crippen LogP contribution in [0.2, 0.25) is 0 Å². The molecule has 1 aromatic heterocycles. The molecule has 7 heteroatoms. The van der Waals surface area contributed by atoms with E-state index in [9.17, 15) is 19.8 Å². The Labute approximate surface area is 148 Å². The number of ketones is 1. The first kappa shape index (κ1) is 17.2. The van der Waals surface area contributed by atoms with Crippen molar-refractivity contribution in [3.63, 3.8) is 0 Å². The molecule has 1 atom stereocenters. The number of phenols is 1. The highest BCUT2D eigenvalue weighted by Crippen LogP contribution is 2.39. The number of ether oxygens (including phenoxy) is 1. The van der Waals surface area contributed by atoms with Crippen molar-refractivity contribution in [2.24, 2.45) is 0 Å². The predicted octanol–water partition coefficient (Wildman–Crippen LogP) is 2.68. The van der Waals surface area contributed by atoms with Crippen LogP contribution in [0.25, 0.3) is 0 Å². The lowest BCUT2D eigenvalue weighted by Crippen LogP contribution is -2.33. The van der Waals surface area contributed by atoms with E-state index in [-0.39, 0.29) is 30.3 Å². The van der Waals surface area contributed by atoms with Crippen LogP contribution in [-0.4, -0.2) is 47.1 Å². The van der Waals surface area contributed by atoms with Gasteiger partial charge >= 0.3 is 0 Å². The molecule has 0 spiro atoms. The number of hydrogen-bond acceptors (Lipinski definition) is 6. The smallest absolute Gasteiger partial charge is 0.290 e. The second kappa shape index (κ2) is 7.08. The van der Waals surface area contributed by atoms with Crippen LogP contribution in [0, 0.1) is 0 Å². The van der Waals surface area contributed by atoms with E-state index in [4.69, 9.17) is 4.74 Å². The van der Waals surface area contributed by atoms with Gasteiger partial charge in [-0.15, -0.1) is 11.3 Å². The lowest BCUT2D eigenvalue weighted by Gasteiger charge is -2.26. The van der Waals surface area contributed by atoms with Crippen molar-refractivity contribution in [2.75, 3.05) is 20.3 Å². The second-order valence-electron chi connectivity index (χ2n) is 5.55. The van der Waals surface area contributed by atoms with E-state index >= 15 is 0 Å². The van der Waals surface area contributed by atoms with Crippen molar-refractivity contribution >= 4 is 23.0 Å². The Morgan fingerprint density at radius 1 is 1.24 bits per heavy atom. The zero-order valence-electron chi connectivity index (χ0n) is 13.5. The van der Waals surface area contributed by atoms with E-state index in [0.29, 0.717) is 10.4 Å². The van der Waals surface area contributed by atoms with Crippen LogP contribution in [0.1, 0.15) is 21.3 Å². The lowest BCUT2D eigenvalue weighted by atomic mass is 9.95. The van der Waals surface area contributed by atoms with Crippen LogP contribution in [0.4, 0.5) is 0 Å². The zero-order valence-corrected chi connectivity index (χ0v) is 14.3. The number of thiophene rings is 1. The van der Waals surface area contributed by atoms with Crippen molar-refractivity contribution in [1.82, 2.24) is 4.90 Å². The molecule has 25 heavy (non-hydrogen) atoms. The van der Waals surface area contributed by atoms with Gasteiger partial charge in [0.05, 0.1) is 23.1 Å².